The molecule has 2 saturated heterocycles. The van der Waals surface area contributed by atoms with Crippen LogP contribution >= 0.6 is 0 Å². The molecular weight excluding hydrogens is 835 g/mol. The van der Waals surface area contributed by atoms with Gasteiger partial charge in [0.05, 0.1) is 30.5 Å². The third-order valence-corrected chi connectivity index (χ3v) is 14.5. The number of aliphatic hydroxyl groups is 3. The number of methoxy groups -OCH3 is 3. The molecule has 14 heteroatoms. The number of carbonyl (C=O) groups is 5. The fourth-order valence-electron chi connectivity index (χ4n) is 10.1. The van der Waals surface area contributed by atoms with Crippen molar-refractivity contribution < 1.29 is 63.0 Å². The summed E-state index contributed by atoms with van der Waals surface area (Å²) in [6.45, 7) is 12.7. The number of nitrogens with zero attached hydrogens (tertiary/aromatic N) is 1. The van der Waals surface area contributed by atoms with Gasteiger partial charge in [-0.1, -0.05) is 71.1 Å². The highest BCUT2D eigenvalue weighted by Crippen LogP contribution is 2.38. The van der Waals surface area contributed by atoms with Crippen LogP contribution in [0.25, 0.3) is 0 Å². The number of ether oxygens (including phenoxy) is 5. The second-order valence-electron chi connectivity index (χ2n) is 19.6. The van der Waals surface area contributed by atoms with E-state index in [0.717, 1.165) is 12.0 Å². The number of rotatable bonds is 6. The first-order chi connectivity index (χ1) is 30.7. The van der Waals surface area contributed by atoms with Crippen molar-refractivity contribution in [2.75, 3.05) is 27.9 Å². The number of esters is 1. The molecule has 15 atom stereocenters. The van der Waals surface area contributed by atoms with Gasteiger partial charge in [-0.25, -0.2) is 4.79 Å². The molecule has 1 aliphatic carbocycles. The Morgan fingerprint density at radius 3 is 2.26 bits per heavy atom. The molecule has 4 aliphatic rings. The van der Waals surface area contributed by atoms with E-state index in [1.165, 1.54) is 12.0 Å². The van der Waals surface area contributed by atoms with E-state index >= 15 is 0 Å². The van der Waals surface area contributed by atoms with E-state index in [-0.39, 0.29) is 54.8 Å². The van der Waals surface area contributed by atoms with E-state index in [4.69, 9.17) is 23.7 Å². The third kappa shape index (κ3) is 14.3. The van der Waals surface area contributed by atoms with Crippen molar-refractivity contribution in [3.63, 3.8) is 0 Å². The van der Waals surface area contributed by atoms with E-state index in [2.05, 4.69) is 0 Å². The number of cyclic esters (lactones) is 1. The van der Waals surface area contributed by atoms with Gasteiger partial charge in [0, 0.05) is 58.5 Å². The van der Waals surface area contributed by atoms with E-state index < -0.39 is 83.9 Å². The first-order valence-corrected chi connectivity index (χ1v) is 23.9. The molecule has 366 valence electrons. The van der Waals surface area contributed by atoms with Gasteiger partial charge < -0.3 is 43.9 Å². The van der Waals surface area contributed by atoms with Crippen LogP contribution in [0.3, 0.4) is 0 Å². The summed E-state index contributed by atoms with van der Waals surface area (Å²) in [7, 11) is 4.53. The van der Waals surface area contributed by atoms with Crippen molar-refractivity contribution in [3.8, 4) is 0 Å². The zero-order chi connectivity index (χ0) is 48.2. The van der Waals surface area contributed by atoms with Crippen LogP contribution in [0.5, 0.6) is 0 Å². The van der Waals surface area contributed by atoms with Gasteiger partial charge in [-0.05, 0) is 107 Å². The fourth-order valence-corrected chi connectivity index (χ4v) is 10.1. The van der Waals surface area contributed by atoms with E-state index in [1.54, 1.807) is 41.1 Å². The molecule has 14 nitrogen and oxygen atoms in total. The number of aliphatic hydroxyl groups excluding tert-OH is 2. The number of carbonyl (C=O) groups excluding carboxylic acids is 5. The Balaban J connectivity index is 1.70. The van der Waals surface area contributed by atoms with Gasteiger partial charge in [-0.15, -0.1) is 0 Å². The Morgan fingerprint density at radius 1 is 0.862 bits per heavy atom. The van der Waals surface area contributed by atoms with E-state index in [9.17, 15) is 39.3 Å². The normalized spacial score (nSPS) is 37.8. The monoisotopic (exact) mass is 914 g/mol. The van der Waals surface area contributed by atoms with Gasteiger partial charge in [0.25, 0.3) is 11.7 Å². The highest BCUT2D eigenvalue weighted by atomic mass is 16.6. The van der Waals surface area contributed by atoms with Gasteiger partial charge in [0.1, 0.15) is 18.2 Å². The van der Waals surface area contributed by atoms with Gasteiger partial charge >= 0.3 is 5.97 Å². The first-order valence-electron chi connectivity index (χ1n) is 23.9. The molecule has 3 heterocycles. The van der Waals surface area contributed by atoms with Crippen LogP contribution in [0.2, 0.25) is 0 Å². The van der Waals surface area contributed by atoms with Crippen LogP contribution < -0.4 is 0 Å². The fraction of sp³-hybridized carbons (Fsp3) is 0.745. The minimum atomic E-state index is -2.43. The molecule has 0 aromatic heterocycles. The SMILES string of the molecule is COC1C(=O)C(C)C[C@H](C)C=CC=CC=C(C)[C@@H](OC)C[C@@H]2CC[C@@H](C)[C@@](O)(O2)C(=O)C(=O)N2CCCC[C@H]2C(=O)O[C@H]([C@H](C)CC2CC[C@@H](O)C(OC)C2)CC(=O)C(C)=CC(C)[C@H]1O. The first kappa shape index (κ1) is 54.2. The summed E-state index contributed by atoms with van der Waals surface area (Å²) >= 11 is 0. The highest BCUT2D eigenvalue weighted by Gasteiger charge is 2.53. The minimum absolute atomic E-state index is 0.0220. The predicted octanol–water partition coefficient (Wildman–Crippen LogP) is 6.18. The average Bonchev–Trinajstić information content (AvgIpc) is 3.28. The maximum Gasteiger partial charge on any atom is 0.329 e. The smallest absolute Gasteiger partial charge is 0.329 e. The molecule has 0 radical (unpaired) electrons. The molecule has 3 fully saturated rings. The van der Waals surface area contributed by atoms with Crippen LogP contribution in [0.4, 0.5) is 0 Å². The van der Waals surface area contributed by atoms with Crippen LogP contribution in [0.1, 0.15) is 126 Å². The molecule has 0 spiro atoms. The molecule has 2 bridgehead atoms. The number of allylic oxidation sites excluding steroid dienone is 6. The van der Waals surface area contributed by atoms with Crippen molar-refractivity contribution >= 4 is 29.2 Å². The molecule has 3 aliphatic heterocycles. The van der Waals surface area contributed by atoms with Gasteiger partial charge in [0.15, 0.2) is 11.6 Å². The number of Topliss-reactive ketones (excluding diaryl/α,β-unsaturated/α-hetero) is 3. The van der Waals surface area contributed by atoms with Crippen LogP contribution in [0.15, 0.2) is 47.6 Å². The minimum Gasteiger partial charge on any atom is -0.460 e. The van der Waals surface area contributed by atoms with Gasteiger partial charge in [-0.2, -0.15) is 0 Å². The largest absolute Gasteiger partial charge is 0.460 e. The van der Waals surface area contributed by atoms with Crippen LogP contribution in [-0.4, -0.2) is 132 Å². The Bertz CT molecular complexity index is 1760. The summed E-state index contributed by atoms with van der Waals surface area (Å²) in [6, 6.07) is -1.14. The lowest BCUT2D eigenvalue weighted by Gasteiger charge is -2.42. The third-order valence-electron chi connectivity index (χ3n) is 14.5. The number of hydrogen-bond acceptors (Lipinski definition) is 13. The van der Waals surface area contributed by atoms with Crippen LogP contribution in [-0.2, 0) is 47.7 Å². The summed E-state index contributed by atoms with van der Waals surface area (Å²) in [5.41, 5.74) is 1.19. The molecule has 0 aromatic rings. The second kappa shape index (κ2) is 25.1. The summed E-state index contributed by atoms with van der Waals surface area (Å²) in [5, 5.41) is 33.9. The Labute approximate surface area is 387 Å². The highest BCUT2D eigenvalue weighted by molar-refractivity contribution is 6.39. The molecule has 65 heavy (non-hydrogen) atoms. The van der Waals surface area contributed by atoms with Gasteiger partial charge in [0.2, 0.25) is 5.79 Å². The quantitative estimate of drug-likeness (QED) is 0.202. The van der Waals surface area contributed by atoms with E-state index in [1.807, 2.05) is 58.1 Å². The lowest BCUT2D eigenvalue weighted by molar-refractivity contribution is -0.265. The second-order valence-corrected chi connectivity index (χ2v) is 19.6. The predicted molar refractivity (Wildman–Crippen MR) is 245 cm³/mol. The number of ketones is 3. The zero-order valence-corrected chi connectivity index (χ0v) is 40.6. The molecule has 1 saturated carbocycles. The topological polar surface area (TPSA) is 195 Å². The van der Waals surface area contributed by atoms with Crippen molar-refractivity contribution in [1.82, 2.24) is 4.90 Å². The maximum absolute atomic E-state index is 14.4. The summed E-state index contributed by atoms with van der Waals surface area (Å²) in [4.78, 5) is 71.7. The molecule has 5 unspecified atom stereocenters. The lowest BCUT2D eigenvalue weighted by Crippen LogP contribution is -2.61. The lowest BCUT2D eigenvalue weighted by atomic mass is 9.78. The summed E-state index contributed by atoms with van der Waals surface area (Å²) in [6.07, 6.45) is 11.2. The molecule has 1 amide bonds. The van der Waals surface area contributed by atoms with Crippen LogP contribution in [0, 0.1) is 35.5 Å². The zero-order valence-electron chi connectivity index (χ0n) is 40.6. The maximum atomic E-state index is 14.4. The standard InChI is InChI=1S/C51H79NO13/c1-30-16-12-11-13-17-31(2)42(61-8)28-38-21-19-36(7)51(60,65-38)48(57)49(58)52-23-15-14-18-39(52)50(59)64-43(33(4)26-37-20-22-40(53)44(27-37)62-9)29-41(54)32(3)25-35(6)46(56)47(63-10)45(55)34(5)24-30/h11-13,16-17,25,30,33-40,42-44,46-47,53,56,60H,14-15,18-24,26-29H2,1-10H3/t30-,33-,34?,35?,36-,37?,38+,39+,40-,42+,43+,44?,46-,47?,51-/m1/s1. The number of fused-ring (bicyclic) bond motifs is 3. The number of piperidine rings is 1. The molecular formula is C51H79NO13. The van der Waals surface area contributed by atoms with Crippen molar-refractivity contribution in [1.29, 1.82) is 0 Å². The Hall–Kier alpha value is -3.37. The Morgan fingerprint density at radius 2 is 1.58 bits per heavy atom. The molecule has 0 aromatic carbocycles. The summed E-state index contributed by atoms with van der Waals surface area (Å²) in [5.74, 6) is -7.93. The van der Waals surface area contributed by atoms with Crippen molar-refractivity contribution in [2.24, 2.45) is 35.5 Å². The number of hydrogen-bond donors (Lipinski definition) is 3. The van der Waals surface area contributed by atoms with Gasteiger partial charge in [-0.3, -0.25) is 19.2 Å². The van der Waals surface area contributed by atoms with E-state index in [0.29, 0.717) is 63.4 Å². The summed E-state index contributed by atoms with van der Waals surface area (Å²) < 4.78 is 29.4. The average molecular weight is 914 g/mol. The van der Waals surface area contributed by atoms with Crippen molar-refractivity contribution in [3.05, 3.63) is 47.6 Å². The van der Waals surface area contributed by atoms with Crippen molar-refractivity contribution in [2.45, 2.75) is 180 Å². The number of amides is 1. The Kier molecular flexibility index (Phi) is 21.0. The molecule has 4 rings (SSSR count). The molecule has 3 N–H and O–H groups in total.